The van der Waals surface area contributed by atoms with Crippen molar-refractivity contribution in [2.45, 2.75) is 6.42 Å². The minimum atomic E-state index is -1.10. The molecule has 0 rings (SSSR count). The van der Waals surface area contributed by atoms with Crippen molar-refractivity contribution < 1.29 is 14.6 Å². The Labute approximate surface area is 47.6 Å². The molecule has 0 N–H and O–H groups in total. The molecule has 0 spiro atoms. The molecule has 0 saturated heterocycles. The molecule has 0 amide bonds. The van der Waals surface area contributed by atoms with E-state index in [1.807, 2.05) is 0 Å². The first-order valence-electron chi connectivity index (χ1n) is 2.19. The minimum absolute atomic E-state index is 0.0774. The second-order valence-electron chi connectivity index (χ2n) is 1.16. The van der Waals surface area contributed by atoms with E-state index in [1.54, 1.807) is 0 Å². The molecule has 0 aromatic carbocycles. The van der Waals surface area contributed by atoms with Gasteiger partial charge in [0.15, 0.2) is 0 Å². The summed E-state index contributed by atoms with van der Waals surface area (Å²) in [6.45, 7) is 3.37. The smallest absolute Gasteiger partial charge is 0.0925 e. The first kappa shape index (κ1) is 7.01. The average molecular weight is 115 g/mol. The fourth-order valence-electron chi connectivity index (χ4n) is 0.226. The highest BCUT2D eigenvalue weighted by Gasteiger charge is 1.81. The van der Waals surface area contributed by atoms with Crippen LogP contribution >= 0.6 is 0 Å². The number of carboxylic acid groups (broad SMARTS) is 1. The van der Waals surface area contributed by atoms with Crippen molar-refractivity contribution in [3.8, 4) is 0 Å². The molecule has 46 valence electrons. The molecule has 0 unspecified atom stereocenters. The number of carbonyl (C=O) groups is 1. The zero-order valence-electron chi connectivity index (χ0n) is 4.42. The van der Waals surface area contributed by atoms with Gasteiger partial charge < -0.3 is 14.6 Å². The molecule has 0 heterocycles. The van der Waals surface area contributed by atoms with Crippen LogP contribution in [-0.4, -0.2) is 12.6 Å². The third-order valence-corrected chi connectivity index (χ3v) is 0.542. The van der Waals surface area contributed by atoms with E-state index in [-0.39, 0.29) is 13.0 Å². The Morgan fingerprint density at radius 3 is 2.88 bits per heavy atom. The molecule has 0 radical (unpaired) electrons. The predicted octanol–water partition coefficient (Wildman–Crippen LogP) is -0.714. The molecule has 0 aromatic rings. The summed E-state index contributed by atoms with van der Waals surface area (Å²) in [6, 6.07) is 0. The van der Waals surface area contributed by atoms with E-state index >= 15 is 0 Å². The van der Waals surface area contributed by atoms with Gasteiger partial charge in [-0.15, -0.1) is 0 Å². The summed E-state index contributed by atoms with van der Waals surface area (Å²) < 4.78 is 4.49. The Balaban J connectivity index is 2.93. The third kappa shape index (κ3) is 5.01. The summed E-state index contributed by atoms with van der Waals surface area (Å²) in [4.78, 5) is 9.65. The third-order valence-electron chi connectivity index (χ3n) is 0.542. The van der Waals surface area contributed by atoms with Crippen LogP contribution in [0.5, 0.6) is 0 Å². The van der Waals surface area contributed by atoms with Gasteiger partial charge in [-0.05, 0) is 0 Å². The quantitative estimate of drug-likeness (QED) is 0.359. The standard InChI is InChI=1S/C5H8O3/c1-2-8-4-3-5(6)7/h2H,1,3-4H2,(H,6,7)/p-1. The maximum atomic E-state index is 9.65. The fraction of sp³-hybridized carbons (Fsp3) is 0.400. The van der Waals surface area contributed by atoms with Crippen molar-refractivity contribution in [1.82, 2.24) is 0 Å². The second-order valence-corrected chi connectivity index (χ2v) is 1.16. The van der Waals surface area contributed by atoms with Crippen LogP contribution in [0.4, 0.5) is 0 Å². The maximum Gasteiger partial charge on any atom is 0.0925 e. The molecule has 0 aliphatic carbocycles. The highest BCUT2D eigenvalue weighted by Crippen LogP contribution is 1.78. The molecule has 3 nitrogen and oxygen atoms in total. The molecule has 0 fully saturated rings. The summed E-state index contributed by atoms with van der Waals surface area (Å²) in [6.07, 6.45) is 1.12. The summed E-state index contributed by atoms with van der Waals surface area (Å²) in [5, 5.41) is 9.65. The van der Waals surface area contributed by atoms with E-state index in [2.05, 4.69) is 11.3 Å². The molecule has 0 atom stereocenters. The molecule has 0 bridgehead atoms. The first-order chi connectivity index (χ1) is 3.77. The van der Waals surface area contributed by atoms with Crippen LogP contribution in [0, 0.1) is 0 Å². The van der Waals surface area contributed by atoms with Gasteiger partial charge in [0.25, 0.3) is 0 Å². The van der Waals surface area contributed by atoms with Gasteiger partial charge in [-0.1, -0.05) is 6.58 Å². The van der Waals surface area contributed by atoms with Gasteiger partial charge in [-0.3, -0.25) is 0 Å². The molecule has 3 heteroatoms. The normalized spacial score (nSPS) is 8.00. The largest absolute Gasteiger partial charge is 0.550 e. The van der Waals surface area contributed by atoms with Crippen LogP contribution in [0.15, 0.2) is 12.8 Å². The molecule has 8 heavy (non-hydrogen) atoms. The Morgan fingerprint density at radius 1 is 1.88 bits per heavy atom. The number of aliphatic carboxylic acids is 1. The monoisotopic (exact) mass is 115 g/mol. The van der Waals surface area contributed by atoms with E-state index < -0.39 is 5.97 Å². The molecule has 0 saturated carbocycles. The van der Waals surface area contributed by atoms with Gasteiger partial charge in [0, 0.05) is 12.4 Å². The van der Waals surface area contributed by atoms with Gasteiger partial charge in [-0.25, -0.2) is 0 Å². The van der Waals surface area contributed by atoms with Gasteiger partial charge >= 0.3 is 0 Å². The van der Waals surface area contributed by atoms with Crippen molar-refractivity contribution in [3.05, 3.63) is 12.8 Å². The van der Waals surface area contributed by atoms with Crippen molar-refractivity contribution >= 4 is 5.97 Å². The van der Waals surface area contributed by atoms with Crippen LogP contribution in [0.2, 0.25) is 0 Å². The number of hydrogen-bond acceptors (Lipinski definition) is 3. The van der Waals surface area contributed by atoms with Crippen LogP contribution < -0.4 is 5.11 Å². The number of ether oxygens (including phenoxy) is 1. The zero-order valence-corrected chi connectivity index (χ0v) is 4.42. The zero-order chi connectivity index (χ0) is 6.41. The summed E-state index contributed by atoms with van der Waals surface area (Å²) in [5.41, 5.74) is 0. The lowest BCUT2D eigenvalue weighted by molar-refractivity contribution is -0.306. The van der Waals surface area contributed by atoms with E-state index in [4.69, 9.17) is 0 Å². The van der Waals surface area contributed by atoms with Gasteiger partial charge in [0.05, 0.1) is 12.9 Å². The number of hydrogen-bond donors (Lipinski definition) is 0. The predicted molar refractivity (Wildman–Crippen MR) is 25.8 cm³/mol. The number of carbonyl (C=O) groups excluding carboxylic acids is 1. The molecule has 0 aromatic heterocycles. The highest BCUT2D eigenvalue weighted by molar-refractivity contribution is 5.64. The van der Waals surface area contributed by atoms with Crippen molar-refractivity contribution in [2.24, 2.45) is 0 Å². The Morgan fingerprint density at radius 2 is 2.50 bits per heavy atom. The molecular weight excluding hydrogens is 108 g/mol. The summed E-state index contributed by atoms with van der Waals surface area (Å²) in [5.74, 6) is -1.10. The van der Waals surface area contributed by atoms with E-state index in [1.165, 1.54) is 6.26 Å². The topological polar surface area (TPSA) is 49.4 Å². The summed E-state index contributed by atoms with van der Waals surface area (Å²) in [7, 11) is 0. The maximum absolute atomic E-state index is 9.65. The average Bonchev–Trinajstić information content (AvgIpc) is 1.66. The van der Waals surface area contributed by atoms with E-state index in [0.717, 1.165) is 0 Å². The summed E-state index contributed by atoms with van der Waals surface area (Å²) >= 11 is 0. The van der Waals surface area contributed by atoms with Crippen molar-refractivity contribution in [1.29, 1.82) is 0 Å². The highest BCUT2D eigenvalue weighted by atomic mass is 16.5. The van der Waals surface area contributed by atoms with Crippen LogP contribution in [-0.2, 0) is 9.53 Å². The van der Waals surface area contributed by atoms with Crippen LogP contribution in [0.3, 0.4) is 0 Å². The van der Waals surface area contributed by atoms with Gasteiger partial charge in [0.2, 0.25) is 0 Å². The number of carboxylic acids is 1. The van der Waals surface area contributed by atoms with E-state index in [0.29, 0.717) is 0 Å². The fourth-order valence-corrected chi connectivity index (χ4v) is 0.226. The molecule has 0 aliphatic rings. The van der Waals surface area contributed by atoms with Crippen molar-refractivity contribution in [3.63, 3.8) is 0 Å². The van der Waals surface area contributed by atoms with Crippen LogP contribution in [0.25, 0.3) is 0 Å². The lowest BCUT2D eigenvalue weighted by Gasteiger charge is -1.99. The molecule has 0 aliphatic heterocycles. The minimum Gasteiger partial charge on any atom is -0.550 e. The Kier molecular flexibility index (Phi) is 3.66. The SMILES string of the molecule is C=COCCC(=O)[O-]. The first-order valence-corrected chi connectivity index (χ1v) is 2.19. The number of rotatable bonds is 4. The van der Waals surface area contributed by atoms with Gasteiger partial charge in [-0.2, -0.15) is 0 Å². The lowest BCUT2D eigenvalue weighted by Crippen LogP contribution is -2.23. The van der Waals surface area contributed by atoms with Crippen LogP contribution in [0.1, 0.15) is 6.42 Å². The second kappa shape index (κ2) is 4.18. The van der Waals surface area contributed by atoms with Gasteiger partial charge in [0.1, 0.15) is 0 Å². The lowest BCUT2D eigenvalue weighted by atomic mass is 10.5. The Bertz CT molecular complexity index is 87.7. The van der Waals surface area contributed by atoms with Crippen molar-refractivity contribution in [2.75, 3.05) is 6.61 Å². The molecular formula is C5H7O3-. The Hall–Kier alpha value is -0.990. The van der Waals surface area contributed by atoms with E-state index in [9.17, 15) is 9.90 Å².